The molecule has 1 aliphatic heterocycles. The van der Waals surface area contributed by atoms with Crippen molar-refractivity contribution in [1.82, 2.24) is 9.88 Å². The molecule has 4 aromatic rings. The number of aromatic nitrogens is 1. The van der Waals surface area contributed by atoms with E-state index in [0.29, 0.717) is 54.7 Å². The largest absolute Gasteiger partial charge is 0.494 e. The molecule has 8 nitrogen and oxygen atoms in total. The van der Waals surface area contributed by atoms with Crippen molar-refractivity contribution in [3.05, 3.63) is 77.3 Å². The molecule has 0 N–H and O–H groups in total. The number of methoxy groups -OCH3 is 1. The molecule has 0 aliphatic carbocycles. The van der Waals surface area contributed by atoms with E-state index in [9.17, 15) is 13.2 Å². The number of hydrogen-bond acceptors (Lipinski definition) is 7. The highest BCUT2D eigenvalue weighted by Gasteiger charge is 2.27. The van der Waals surface area contributed by atoms with E-state index in [1.807, 2.05) is 12.1 Å². The third-order valence-corrected chi connectivity index (χ3v) is 10.0. The fourth-order valence-corrected chi connectivity index (χ4v) is 7.29. The molecule has 11 heteroatoms. The van der Waals surface area contributed by atoms with E-state index in [0.717, 1.165) is 15.3 Å². The van der Waals surface area contributed by atoms with E-state index in [4.69, 9.17) is 21.3 Å². The quantitative estimate of drug-likeness (QED) is 0.306. The van der Waals surface area contributed by atoms with Crippen molar-refractivity contribution in [2.24, 2.45) is 0 Å². The lowest BCUT2D eigenvalue weighted by atomic mass is 10.2. The predicted octanol–water partition coefficient (Wildman–Crippen LogP) is 5.14. The number of ether oxygens (including phenoxy) is 1. The lowest BCUT2D eigenvalue weighted by Crippen LogP contribution is -2.48. The molecule has 0 spiro atoms. The number of benzene rings is 3. The maximum absolute atomic E-state index is 13.2. The molecule has 38 heavy (non-hydrogen) atoms. The number of thiazole rings is 1. The van der Waals surface area contributed by atoms with E-state index < -0.39 is 10.0 Å². The fraction of sp³-hybridized carbons (Fsp3) is 0.259. The summed E-state index contributed by atoms with van der Waals surface area (Å²) in [5.74, 6) is 0.551. The smallest absolute Gasteiger partial charge is 0.264 e. The Morgan fingerprint density at radius 3 is 2.34 bits per heavy atom. The first-order chi connectivity index (χ1) is 18.3. The minimum atomic E-state index is -3.75. The van der Waals surface area contributed by atoms with Crippen LogP contribution in [0.5, 0.6) is 5.75 Å². The van der Waals surface area contributed by atoms with Crippen LogP contribution >= 0.6 is 22.9 Å². The number of para-hydroxylation sites is 1. The first-order valence-electron chi connectivity index (χ1n) is 12.2. The van der Waals surface area contributed by atoms with Crippen molar-refractivity contribution >= 4 is 59.9 Å². The molecule has 1 saturated heterocycles. The van der Waals surface area contributed by atoms with Crippen LogP contribution in [0.2, 0.25) is 5.02 Å². The molecule has 0 radical (unpaired) electrons. The summed E-state index contributed by atoms with van der Waals surface area (Å²) >= 11 is 7.88. The summed E-state index contributed by atoms with van der Waals surface area (Å²) in [6, 6.07) is 18.8. The zero-order valence-corrected chi connectivity index (χ0v) is 23.4. The van der Waals surface area contributed by atoms with E-state index in [1.54, 1.807) is 61.4 Å². The Balaban J connectivity index is 1.27. The van der Waals surface area contributed by atoms with E-state index in [2.05, 4.69) is 4.90 Å². The second-order valence-electron chi connectivity index (χ2n) is 8.73. The second-order valence-corrected chi connectivity index (χ2v) is 12.0. The summed E-state index contributed by atoms with van der Waals surface area (Å²) in [5.41, 5.74) is 1.79. The lowest BCUT2D eigenvalue weighted by molar-refractivity contribution is 0.0746. The fourth-order valence-electron chi connectivity index (χ4n) is 4.51. The average molecular weight is 571 g/mol. The molecule has 2 heterocycles. The van der Waals surface area contributed by atoms with E-state index >= 15 is 0 Å². The Hall–Kier alpha value is -3.34. The predicted molar refractivity (Wildman–Crippen MR) is 152 cm³/mol. The number of anilines is 2. The number of sulfonamides is 1. The van der Waals surface area contributed by atoms with Gasteiger partial charge in [0.1, 0.15) is 11.3 Å². The molecule has 1 aromatic heterocycles. The molecule has 0 unspecified atom stereocenters. The number of amides is 1. The van der Waals surface area contributed by atoms with Crippen molar-refractivity contribution < 1.29 is 17.9 Å². The Morgan fingerprint density at radius 2 is 1.71 bits per heavy atom. The zero-order valence-electron chi connectivity index (χ0n) is 21.0. The van der Waals surface area contributed by atoms with Gasteiger partial charge in [-0.15, -0.1) is 0 Å². The molecular weight excluding hydrogens is 544 g/mol. The highest BCUT2D eigenvalue weighted by atomic mass is 35.5. The Labute approximate surface area is 231 Å². The Bertz CT molecular complexity index is 1550. The molecule has 0 saturated carbocycles. The van der Waals surface area contributed by atoms with Gasteiger partial charge in [-0.3, -0.25) is 9.10 Å². The van der Waals surface area contributed by atoms with Gasteiger partial charge in [0.05, 0.1) is 27.4 Å². The minimum Gasteiger partial charge on any atom is -0.494 e. The summed E-state index contributed by atoms with van der Waals surface area (Å²) in [4.78, 5) is 22.0. The third-order valence-electron chi connectivity index (χ3n) is 6.53. The number of nitrogens with zero attached hydrogens (tertiary/aromatic N) is 4. The summed E-state index contributed by atoms with van der Waals surface area (Å²) in [6.07, 6.45) is 0. The SMILES string of the molecule is CCN(c1ccccc1)S(=O)(=O)c1ccc(C(=O)N2CCN(c3nc4c(OC)ccc(Cl)c4s3)CC2)cc1. The second kappa shape index (κ2) is 10.8. The topological polar surface area (TPSA) is 83.1 Å². The lowest BCUT2D eigenvalue weighted by Gasteiger charge is -2.34. The third kappa shape index (κ3) is 4.91. The number of carbonyl (C=O) groups is 1. The highest BCUT2D eigenvalue weighted by molar-refractivity contribution is 7.92. The number of carbonyl (C=O) groups excluding carboxylic acids is 1. The summed E-state index contributed by atoms with van der Waals surface area (Å²) in [5, 5.41) is 1.47. The molecule has 1 amide bonds. The van der Waals surface area contributed by atoms with Gasteiger partial charge >= 0.3 is 0 Å². The number of hydrogen-bond donors (Lipinski definition) is 0. The van der Waals surface area contributed by atoms with Crippen LogP contribution in [0.4, 0.5) is 10.8 Å². The first-order valence-corrected chi connectivity index (χ1v) is 14.8. The molecule has 3 aromatic carbocycles. The summed E-state index contributed by atoms with van der Waals surface area (Å²) in [6.45, 7) is 4.39. The minimum absolute atomic E-state index is 0.127. The molecular formula is C27H27ClN4O4S2. The van der Waals surface area contributed by atoms with Gasteiger partial charge in [0.15, 0.2) is 5.13 Å². The van der Waals surface area contributed by atoms with Gasteiger partial charge in [-0.2, -0.15) is 0 Å². The van der Waals surface area contributed by atoms with Crippen LogP contribution in [0, 0.1) is 0 Å². The number of fused-ring (bicyclic) bond motifs is 1. The van der Waals surface area contributed by atoms with Crippen LogP contribution in [-0.2, 0) is 10.0 Å². The zero-order chi connectivity index (χ0) is 26.9. The van der Waals surface area contributed by atoms with Crippen LogP contribution in [0.25, 0.3) is 10.2 Å². The van der Waals surface area contributed by atoms with Crippen molar-refractivity contribution in [1.29, 1.82) is 0 Å². The van der Waals surface area contributed by atoms with Gasteiger partial charge in [0.25, 0.3) is 15.9 Å². The first kappa shape index (κ1) is 26.3. The van der Waals surface area contributed by atoms with Gasteiger partial charge in [-0.25, -0.2) is 13.4 Å². The highest BCUT2D eigenvalue weighted by Crippen LogP contribution is 2.39. The average Bonchev–Trinajstić information content (AvgIpc) is 3.41. The maximum Gasteiger partial charge on any atom is 0.264 e. The van der Waals surface area contributed by atoms with Gasteiger partial charge in [-0.05, 0) is 55.5 Å². The van der Waals surface area contributed by atoms with Crippen molar-refractivity contribution in [2.75, 3.05) is 49.0 Å². The van der Waals surface area contributed by atoms with Crippen molar-refractivity contribution in [3.8, 4) is 5.75 Å². The Morgan fingerprint density at radius 1 is 1.03 bits per heavy atom. The van der Waals surface area contributed by atoms with Gasteiger partial charge in [-0.1, -0.05) is 41.1 Å². The van der Waals surface area contributed by atoms with Crippen LogP contribution in [-0.4, -0.2) is 64.0 Å². The number of halogens is 1. The monoisotopic (exact) mass is 570 g/mol. The molecule has 1 fully saturated rings. The Kier molecular flexibility index (Phi) is 7.47. The maximum atomic E-state index is 13.2. The standard InChI is InChI=1S/C27H27ClN4O4S2/c1-3-32(20-7-5-4-6-8-20)38(34,35)21-11-9-19(10-12-21)26(33)30-15-17-31(18-16-30)27-29-24-23(36-2)14-13-22(28)25(24)37-27/h4-14H,3,15-18H2,1-2H3. The normalized spacial score (nSPS) is 14.1. The van der Waals surface area contributed by atoms with Crippen LogP contribution in [0.1, 0.15) is 17.3 Å². The molecule has 0 atom stereocenters. The van der Waals surface area contributed by atoms with Gasteiger partial charge in [0.2, 0.25) is 0 Å². The van der Waals surface area contributed by atoms with Gasteiger partial charge < -0.3 is 14.5 Å². The molecule has 5 rings (SSSR count). The van der Waals surface area contributed by atoms with E-state index in [-0.39, 0.29) is 10.8 Å². The van der Waals surface area contributed by atoms with Crippen LogP contribution < -0.4 is 13.9 Å². The molecule has 1 aliphatic rings. The van der Waals surface area contributed by atoms with Crippen LogP contribution in [0.15, 0.2) is 71.6 Å². The van der Waals surface area contributed by atoms with Gasteiger partial charge in [0, 0.05) is 38.3 Å². The number of rotatable bonds is 7. The van der Waals surface area contributed by atoms with Crippen LogP contribution in [0.3, 0.4) is 0 Å². The summed E-state index contributed by atoms with van der Waals surface area (Å²) in [7, 11) is -2.14. The van der Waals surface area contributed by atoms with Crippen molar-refractivity contribution in [2.45, 2.75) is 11.8 Å². The number of piperazine rings is 1. The van der Waals surface area contributed by atoms with Crippen molar-refractivity contribution in [3.63, 3.8) is 0 Å². The summed E-state index contributed by atoms with van der Waals surface area (Å²) < 4.78 is 34.2. The van der Waals surface area contributed by atoms with E-state index in [1.165, 1.54) is 27.8 Å². The molecule has 0 bridgehead atoms. The molecule has 198 valence electrons.